The summed E-state index contributed by atoms with van der Waals surface area (Å²) in [7, 11) is 0. The quantitative estimate of drug-likeness (QED) is 0.527. The third-order valence-electron chi connectivity index (χ3n) is 3.05. The summed E-state index contributed by atoms with van der Waals surface area (Å²) < 4.78 is 14.8. The van der Waals surface area contributed by atoms with Gasteiger partial charge in [0, 0.05) is 11.1 Å². The van der Waals surface area contributed by atoms with Crippen molar-refractivity contribution in [3.63, 3.8) is 0 Å². The molecule has 0 aliphatic heterocycles. The average molecular weight is 367 g/mol. The highest BCUT2D eigenvalue weighted by Gasteiger charge is 2.08. The van der Waals surface area contributed by atoms with Gasteiger partial charge in [0.15, 0.2) is 5.82 Å². The van der Waals surface area contributed by atoms with Crippen molar-refractivity contribution in [3.8, 4) is 11.4 Å². The lowest BCUT2D eigenvalue weighted by Crippen LogP contribution is -1.95. The minimum Gasteiger partial charge on any atom is -0.250 e. The first-order valence-corrected chi connectivity index (χ1v) is 7.64. The van der Waals surface area contributed by atoms with Crippen LogP contribution in [0.4, 0.5) is 4.39 Å². The molecule has 0 spiro atoms. The summed E-state index contributed by atoms with van der Waals surface area (Å²) in [5, 5.41) is 11.9. The number of nitrogens with zero attached hydrogens (tertiary/aromatic N) is 3. The van der Waals surface area contributed by atoms with Crippen LogP contribution in [-0.2, 0) is 0 Å². The molecule has 23 heavy (non-hydrogen) atoms. The summed E-state index contributed by atoms with van der Waals surface area (Å²) in [4.78, 5) is 0. The van der Waals surface area contributed by atoms with Crippen LogP contribution in [0.2, 0.25) is 10.0 Å². The molecule has 0 unspecified atom stereocenters. The third-order valence-corrected chi connectivity index (χ3v) is 4.14. The van der Waals surface area contributed by atoms with Gasteiger partial charge in [-0.2, -0.15) is 14.9 Å². The van der Waals surface area contributed by atoms with E-state index in [1.807, 2.05) is 0 Å². The fourth-order valence-electron chi connectivity index (χ4n) is 1.92. The molecule has 0 aliphatic rings. The maximum Gasteiger partial charge on any atom is 0.216 e. The molecule has 116 valence electrons. The highest BCUT2D eigenvalue weighted by atomic mass is 35.5. The van der Waals surface area contributed by atoms with E-state index >= 15 is 0 Å². The maximum absolute atomic E-state index is 13.0. The molecule has 3 rings (SSSR count). The molecule has 4 nitrogen and oxygen atoms in total. The van der Waals surface area contributed by atoms with Crippen LogP contribution in [0.5, 0.6) is 0 Å². The maximum atomic E-state index is 13.0. The van der Waals surface area contributed by atoms with E-state index in [2.05, 4.69) is 15.3 Å². The lowest BCUT2D eigenvalue weighted by Gasteiger charge is -2.02. The molecular formula is C15H9Cl2FN4S. The van der Waals surface area contributed by atoms with Gasteiger partial charge >= 0.3 is 0 Å². The van der Waals surface area contributed by atoms with Crippen LogP contribution in [0.1, 0.15) is 5.56 Å². The Bertz CT molecular complexity index is 931. The number of benzene rings is 2. The minimum atomic E-state index is -0.330. The van der Waals surface area contributed by atoms with Crippen LogP contribution in [0.15, 0.2) is 47.6 Å². The van der Waals surface area contributed by atoms with Crippen molar-refractivity contribution in [1.29, 1.82) is 0 Å². The summed E-state index contributed by atoms with van der Waals surface area (Å²) in [6, 6.07) is 11.1. The zero-order valence-electron chi connectivity index (χ0n) is 11.5. The van der Waals surface area contributed by atoms with Crippen molar-refractivity contribution in [2.24, 2.45) is 5.10 Å². The van der Waals surface area contributed by atoms with Crippen molar-refractivity contribution >= 4 is 41.6 Å². The summed E-state index contributed by atoms with van der Waals surface area (Å²) in [5.74, 6) is 0.132. The van der Waals surface area contributed by atoms with Crippen LogP contribution in [0.25, 0.3) is 11.4 Å². The fourth-order valence-corrected chi connectivity index (χ4v) is 2.46. The number of aromatic nitrogens is 3. The number of aromatic amines is 1. The molecule has 0 radical (unpaired) electrons. The third kappa shape index (κ3) is 3.34. The summed E-state index contributed by atoms with van der Waals surface area (Å²) >= 11 is 17.3. The summed E-state index contributed by atoms with van der Waals surface area (Å²) in [5.41, 5.74) is 1.32. The van der Waals surface area contributed by atoms with Crippen molar-refractivity contribution in [1.82, 2.24) is 14.9 Å². The highest BCUT2D eigenvalue weighted by molar-refractivity contribution is 7.71. The fraction of sp³-hybridized carbons (Fsp3) is 0. The average Bonchev–Trinajstić information content (AvgIpc) is 2.91. The Kier molecular flexibility index (Phi) is 4.56. The predicted molar refractivity (Wildman–Crippen MR) is 92.3 cm³/mol. The van der Waals surface area contributed by atoms with Gasteiger partial charge < -0.3 is 0 Å². The number of halogens is 3. The number of nitrogens with one attached hydrogen (secondary N) is 1. The van der Waals surface area contributed by atoms with Crippen LogP contribution >= 0.6 is 35.4 Å². The smallest absolute Gasteiger partial charge is 0.216 e. The van der Waals surface area contributed by atoms with Crippen LogP contribution in [-0.4, -0.2) is 21.1 Å². The molecule has 8 heteroatoms. The van der Waals surface area contributed by atoms with Crippen LogP contribution < -0.4 is 0 Å². The topological polar surface area (TPSA) is 46.0 Å². The zero-order valence-corrected chi connectivity index (χ0v) is 13.8. The SMILES string of the molecule is Fc1ccc(-c2n[nH]c(=S)n2/N=C/c2cccc(Cl)c2Cl)cc1. The second kappa shape index (κ2) is 6.62. The van der Waals surface area contributed by atoms with E-state index in [0.29, 0.717) is 31.8 Å². The van der Waals surface area contributed by atoms with Crippen LogP contribution in [0, 0.1) is 10.6 Å². The van der Waals surface area contributed by atoms with E-state index < -0.39 is 0 Å². The molecule has 0 bridgehead atoms. The number of hydrogen-bond acceptors (Lipinski definition) is 3. The van der Waals surface area contributed by atoms with Crippen LogP contribution in [0.3, 0.4) is 0 Å². The zero-order chi connectivity index (χ0) is 16.4. The normalized spacial score (nSPS) is 11.3. The lowest BCUT2D eigenvalue weighted by molar-refractivity contribution is 0.628. The first-order valence-electron chi connectivity index (χ1n) is 6.48. The summed E-state index contributed by atoms with van der Waals surface area (Å²) in [6.07, 6.45) is 1.53. The number of hydrogen-bond donors (Lipinski definition) is 1. The molecule has 3 aromatic rings. The molecule has 1 aromatic heterocycles. The molecule has 2 aromatic carbocycles. The molecule has 0 fully saturated rings. The molecule has 1 N–H and O–H groups in total. The lowest BCUT2D eigenvalue weighted by atomic mass is 10.2. The van der Waals surface area contributed by atoms with E-state index in [0.717, 1.165) is 0 Å². The Labute approximate surface area is 146 Å². The molecule has 0 aliphatic carbocycles. The van der Waals surface area contributed by atoms with E-state index in [4.69, 9.17) is 35.4 Å². The molecule has 0 saturated carbocycles. The van der Waals surface area contributed by atoms with Gasteiger partial charge in [-0.3, -0.25) is 0 Å². The van der Waals surface area contributed by atoms with Gasteiger partial charge in [0.05, 0.1) is 16.3 Å². The standard InChI is InChI=1S/C15H9Cl2FN4S/c16-12-3-1-2-10(13(12)17)8-19-22-14(20-21-15(22)23)9-4-6-11(18)7-5-9/h1-8H,(H,21,23)/b19-8+. The molecule has 0 atom stereocenters. The van der Waals surface area contributed by atoms with Crippen molar-refractivity contribution in [2.75, 3.05) is 0 Å². The van der Waals surface area contributed by atoms with Gasteiger partial charge in [-0.25, -0.2) is 9.49 Å². The van der Waals surface area contributed by atoms with Crippen molar-refractivity contribution < 1.29 is 4.39 Å². The minimum absolute atomic E-state index is 0.304. The first kappa shape index (κ1) is 15.9. The van der Waals surface area contributed by atoms with Crippen molar-refractivity contribution in [2.45, 2.75) is 0 Å². The largest absolute Gasteiger partial charge is 0.250 e. The summed E-state index contributed by atoms with van der Waals surface area (Å²) in [6.45, 7) is 0. The van der Waals surface area contributed by atoms with Crippen molar-refractivity contribution in [3.05, 3.63) is 68.7 Å². The van der Waals surface area contributed by atoms with E-state index in [-0.39, 0.29) is 5.82 Å². The Morgan fingerprint density at radius 1 is 1.17 bits per heavy atom. The van der Waals surface area contributed by atoms with Gasteiger partial charge in [0.25, 0.3) is 0 Å². The van der Waals surface area contributed by atoms with E-state index in [1.165, 1.54) is 23.0 Å². The van der Waals surface area contributed by atoms with Gasteiger partial charge in [0.1, 0.15) is 5.82 Å². The van der Waals surface area contributed by atoms with Gasteiger partial charge in [-0.05, 0) is 42.5 Å². The van der Waals surface area contributed by atoms with Gasteiger partial charge in [-0.15, -0.1) is 0 Å². The predicted octanol–water partition coefficient (Wildman–Crippen LogP) is 4.94. The Hall–Kier alpha value is -2.02. The second-order valence-electron chi connectivity index (χ2n) is 4.56. The number of H-pyrrole nitrogens is 1. The van der Waals surface area contributed by atoms with Gasteiger partial charge in [0.2, 0.25) is 4.77 Å². The molecule has 1 heterocycles. The Balaban J connectivity index is 2.02. The first-order chi connectivity index (χ1) is 11.1. The Morgan fingerprint density at radius 3 is 2.65 bits per heavy atom. The Morgan fingerprint density at radius 2 is 1.91 bits per heavy atom. The van der Waals surface area contributed by atoms with E-state index in [1.54, 1.807) is 30.3 Å². The second-order valence-corrected chi connectivity index (χ2v) is 5.73. The molecule has 0 amide bonds. The van der Waals surface area contributed by atoms with E-state index in [9.17, 15) is 4.39 Å². The molecular weight excluding hydrogens is 358 g/mol. The monoisotopic (exact) mass is 366 g/mol. The number of rotatable bonds is 3. The van der Waals surface area contributed by atoms with Gasteiger partial charge in [-0.1, -0.05) is 35.3 Å². The molecule has 0 saturated heterocycles. The highest BCUT2D eigenvalue weighted by Crippen LogP contribution is 2.24.